The van der Waals surface area contributed by atoms with Crippen LogP contribution < -0.4 is 9.47 Å². The van der Waals surface area contributed by atoms with E-state index in [0.29, 0.717) is 0 Å². The highest BCUT2D eigenvalue weighted by Crippen LogP contribution is 2.32. The predicted octanol–water partition coefficient (Wildman–Crippen LogP) is 2.57. The molecule has 0 radical (unpaired) electrons. The molecule has 0 aliphatic heterocycles. The van der Waals surface area contributed by atoms with Crippen LogP contribution in [-0.2, 0) is 0 Å². The topological polar surface area (TPSA) is 38.7 Å². The summed E-state index contributed by atoms with van der Waals surface area (Å²) in [4.78, 5) is 1.16. The van der Waals surface area contributed by atoms with Gasteiger partial charge in [-0.2, -0.15) is 0 Å². The second kappa shape index (κ2) is 7.41. The molecule has 0 saturated heterocycles. The third-order valence-corrected chi connectivity index (χ3v) is 3.26. The number of aliphatic hydroxyl groups excluding tert-OH is 1. The van der Waals surface area contributed by atoms with Crippen LogP contribution in [-0.4, -0.2) is 31.7 Å². The van der Waals surface area contributed by atoms with Crippen molar-refractivity contribution in [2.45, 2.75) is 17.7 Å². The highest BCUT2D eigenvalue weighted by Gasteiger charge is 2.04. The van der Waals surface area contributed by atoms with Gasteiger partial charge in [0.25, 0.3) is 0 Å². The monoisotopic (exact) mass is 242 g/mol. The molecular weight excluding hydrogens is 224 g/mol. The normalized spacial score (nSPS) is 10.2. The molecule has 1 aromatic rings. The maximum atomic E-state index is 8.67. The first kappa shape index (κ1) is 13.2. The number of unbranched alkanes of at least 4 members (excludes halogenated alkanes) is 1. The van der Waals surface area contributed by atoms with Gasteiger partial charge in [0, 0.05) is 11.5 Å². The van der Waals surface area contributed by atoms with Crippen molar-refractivity contribution in [3.63, 3.8) is 0 Å². The predicted molar refractivity (Wildman–Crippen MR) is 66.6 cm³/mol. The maximum Gasteiger partial charge on any atom is 0.161 e. The molecule has 0 aliphatic rings. The van der Waals surface area contributed by atoms with Crippen LogP contribution in [0.4, 0.5) is 0 Å². The minimum absolute atomic E-state index is 0.270. The highest BCUT2D eigenvalue weighted by molar-refractivity contribution is 7.99. The van der Waals surface area contributed by atoms with Crippen LogP contribution in [0.1, 0.15) is 12.8 Å². The second-order valence-electron chi connectivity index (χ2n) is 3.30. The molecule has 1 N–H and O–H groups in total. The van der Waals surface area contributed by atoms with Crippen LogP contribution in [0.3, 0.4) is 0 Å². The van der Waals surface area contributed by atoms with E-state index >= 15 is 0 Å². The van der Waals surface area contributed by atoms with Gasteiger partial charge in [-0.15, -0.1) is 11.8 Å². The zero-order valence-electron chi connectivity index (χ0n) is 9.73. The molecule has 0 bridgehead atoms. The zero-order chi connectivity index (χ0) is 11.8. The van der Waals surface area contributed by atoms with E-state index in [9.17, 15) is 0 Å². The summed E-state index contributed by atoms with van der Waals surface area (Å²) in [6, 6.07) is 5.90. The quantitative estimate of drug-likeness (QED) is 0.589. The standard InChI is InChI=1S/C12H18O3S/c1-14-11-6-5-10(9-12(11)15-2)16-8-4-3-7-13/h5-6,9,13H,3-4,7-8H2,1-2H3. The van der Waals surface area contributed by atoms with Crippen molar-refractivity contribution in [2.24, 2.45) is 0 Å². The Morgan fingerprint density at radius 1 is 1.12 bits per heavy atom. The van der Waals surface area contributed by atoms with Gasteiger partial charge in [-0.1, -0.05) is 0 Å². The average molecular weight is 242 g/mol. The van der Waals surface area contributed by atoms with Gasteiger partial charge in [-0.3, -0.25) is 0 Å². The minimum atomic E-state index is 0.270. The van der Waals surface area contributed by atoms with Gasteiger partial charge in [0.05, 0.1) is 14.2 Å². The summed E-state index contributed by atoms with van der Waals surface area (Å²) < 4.78 is 10.4. The summed E-state index contributed by atoms with van der Waals surface area (Å²) in [5.74, 6) is 2.52. The summed E-state index contributed by atoms with van der Waals surface area (Å²) >= 11 is 1.76. The van der Waals surface area contributed by atoms with Gasteiger partial charge in [-0.05, 0) is 36.8 Å². The highest BCUT2D eigenvalue weighted by atomic mass is 32.2. The minimum Gasteiger partial charge on any atom is -0.493 e. The molecule has 0 aliphatic carbocycles. The Kier molecular flexibility index (Phi) is 6.11. The molecule has 90 valence electrons. The summed E-state index contributed by atoms with van der Waals surface area (Å²) in [6.07, 6.45) is 1.88. The molecule has 0 saturated carbocycles. The largest absolute Gasteiger partial charge is 0.493 e. The first-order valence-corrected chi connectivity index (χ1v) is 6.26. The van der Waals surface area contributed by atoms with E-state index in [2.05, 4.69) is 0 Å². The molecule has 3 nitrogen and oxygen atoms in total. The lowest BCUT2D eigenvalue weighted by molar-refractivity contribution is 0.287. The Hall–Kier alpha value is -0.870. The number of methoxy groups -OCH3 is 2. The maximum absolute atomic E-state index is 8.67. The van der Waals surface area contributed by atoms with Gasteiger partial charge < -0.3 is 14.6 Å². The van der Waals surface area contributed by atoms with E-state index in [0.717, 1.165) is 35.0 Å². The van der Waals surface area contributed by atoms with Crippen LogP contribution >= 0.6 is 11.8 Å². The SMILES string of the molecule is COc1ccc(SCCCCO)cc1OC. The third kappa shape index (κ3) is 3.94. The molecular formula is C12H18O3S. The first-order chi connectivity index (χ1) is 7.81. The summed E-state index contributed by atoms with van der Waals surface area (Å²) in [7, 11) is 3.27. The molecule has 0 heterocycles. The van der Waals surface area contributed by atoms with Gasteiger partial charge in [0.15, 0.2) is 11.5 Å². The van der Waals surface area contributed by atoms with E-state index < -0.39 is 0 Å². The van der Waals surface area contributed by atoms with E-state index in [1.54, 1.807) is 26.0 Å². The van der Waals surface area contributed by atoms with Crippen molar-refractivity contribution in [3.05, 3.63) is 18.2 Å². The number of thioether (sulfide) groups is 1. The molecule has 1 rings (SSSR count). The number of benzene rings is 1. The van der Waals surface area contributed by atoms with Crippen molar-refractivity contribution in [1.29, 1.82) is 0 Å². The lowest BCUT2D eigenvalue weighted by Gasteiger charge is -2.09. The fraction of sp³-hybridized carbons (Fsp3) is 0.500. The molecule has 4 heteroatoms. The van der Waals surface area contributed by atoms with Gasteiger partial charge in [-0.25, -0.2) is 0 Å². The van der Waals surface area contributed by atoms with Crippen molar-refractivity contribution in [3.8, 4) is 11.5 Å². The number of hydrogen-bond acceptors (Lipinski definition) is 4. The Morgan fingerprint density at radius 3 is 2.50 bits per heavy atom. The number of ether oxygens (including phenoxy) is 2. The van der Waals surface area contributed by atoms with E-state index in [-0.39, 0.29) is 6.61 Å². The summed E-state index contributed by atoms with van der Waals surface area (Å²) in [5, 5.41) is 8.67. The summed E-state index contributed by atoms with van der Waals surface area (Å²) in [5.41, 5.74) is 0. The zero-order valence-corrected chi connectivity index (χ0v) is 10.5. The Balaban J connectivity index is 2.54. The number of hydrogen-bond donors (Lipinski definition) is 1. The fourth-order valence-electron chi connectivity index (χ4n) is 1.31. The average Bonchev–Trinajstić information content (AvgIpc) is 2.34. The molecule has 0 aromatic heterocycles. The number of rotatable bonds is 7. The molecule has 16 heavy (non-hydrogen) atoms. The summed E-state index contributed by atoms with van der Waals surface area (Å²) in [6.45, 7) is 0.270. The van der Waals surface area contributed by atoms with Crippen LogP contribution in [0.5, 0.6) is 11.5 Å². The lowest BCUT2D eigenvalue weighted by atomic mass is 10.3. The smallest absolute Gasteiger partial charge is 0.161 e. The van der Waals surface area contributed by atoms with E-state index in [1.165, 1.54) is 0 Å². The van der Waals surface area contributed by atoms with Crippen LogP contribution in [0, 0.1) is 0 Å². The van der Waals surface area contributed by atoms with Crippen LogP contribution in [0.2, 0.25) is 0 Å². The van der Waals surface area contributed by atoms with E-state index in [1.807, 2.05) is 18.2 Å². The Morgan fingerprint density at radius 2 is 1.88 bits per heavy atom. The molecule has 0 atom stereocenters. The first-order valence-electron chi connectivity index (χ1n) is 5.27. The second-order valence-corrected chi connectivity index (χ2v) is 4.46. The van der Waals surface area contributed by atoms with Gasteiger partial charge in [0.2, 0.25) is 0 Å². The third-order valence-electron chi connectivity index (χ3n) is 2.18. The van der Waals surface area contributed by atoms with Crippen LogP contribution in [0.15, 0.2) is 23.1 Å². The number of aliphatic hydroxyl groups is 1. The molecule has 0 unspecified atom stereocenters. The molecule has 0 fully saturated rings. The fourth-order valence-corrected chi connectivity index (χ4v) is 2.25. The molecule has 1 aromatic carbocycles. The lowest BCUT2D eigenvalue weighted by Crippen LogP contribution is -1.91. The molecule has 0 spiro atoms. The van der Waals surface area contributed by atoms with E-state index in [4.69, 9.17) is 14.6 Å². The molecule has 0 amide bonds. The Labute approximate surface area is 101 Å². The Bertz CT molecular complexity index is 315. The van der Waals surface area contributed by atoms with Crippen molar-refractivity contribution >= 4 is 11.8 Å². The van der Waals surface area contributed by atoms with Crippen molar-refractivity contribution in [1.82, 2.24) is 0 Å². The van der Waals surface area contributed by atoms with Crippen molar-refractivity contribution in [2.75, 3.05) is 26.6 Å². The van der Waals surface area contributed by atoms with Crippen LogP contribution in [0.25, 0.3) is 0 Å². The van der Waals surface area contributed by atoms with Crippen molar-refractivity contribution < 1.29 is 14.6 Å². The van der Waals surface area contributed by atoms with Gasteiger partial charge >= 0.3 is 0 Å². The van der Waals surface area contributed by atoms with Gasteiger partial charge in [0.1, 0.15) is 0 Å².